The molecule has 8 heteroatoms. The van der Waals surface area contributed by atoms with E-state index in [1.807, 2.05) is 50.2 Å². The number of benzene rings is 3. The zero-order valence-electron chi connectivity index (χ0n) is 21.2. The van der Waals surface area contributed by atoms with Gasteiger partial charge in [0.25, 0.3) is 5.91 Å². The number of methoxy groups -OCH3 is 1. The summed E-state index contributed by atoms with van der Waals surface area (Å²) < 4.78 is 11.2. The van der Waals surface area contributed by atoms with Crippen LogP contribution in [0, 0.1) is 5.92 Å². The second-order valence-corrected chi connectivity index (χ2v) is 9.82. The average Bonchev–Trinajstić information content (AvgIpc) is 2.90. The molecule has 0 saturated carbocycles. The lowest BCUT2D eigenvalue weighted by Crippen LogP contribution is -2.52. The second-order valence-electron chi connectivity index (χ2n) is 9.01. The number of nitrogens with one attached hydrogen (secondary N) is 1. The summed E-state index contributed by atoms with van der Waals surface area (Å²) >= 11 is 12.9. The smallest absolute Gasteiger partial charge is 0.261 e. The molecule has 37 heavy (non-hydrogen) atoms. The SMILES string of the molecule is COc1ccccc1OCC(=O)N(Cc1c(Cl)cccc1Cl)[C@H](Cc1ccccc1)C(=O)NCC(C)C. The van der Waals surface area contributed by atoms with E-state index < -0.39 is 6.04 Å². The Morgan fingerprint density at radius 1 is 0.892 bits per heavy atom. The van der Waals surface area contributed by atoms with Crippen LogP contribution in [0.3, 0.4) is 0 Å². The first-order valence-electron chi connectivity index (χ1n) is 12.1. The number of rotatable bonds is 12. The predicted molar refractivity (Wildman–Crippen MR) is 147 cm³/mol. The number of amides is 2. The van der Waals surface area contributed by atoms with Crippen LogP contribution in [0.1, 0.15) is 25.0 Å². The highest BCUT2D eigenvalue weighted by Gasteiger charge is 2.31. The van der Waals surface area contributed by atoms with Crippen molar-refractivity contribution in [3.63, 3.8) is 0 Å². The molecule has 0 saturated heterocycles. The predicted octanol–water partition coefficient (Wildman–Crippen LogP) is 5.79. The van der Waals surface area contributed by atoms with E-state index in [0.29, 0.717) is 40.1 Å². The molecule has 3 aromatic rings. The van der Waals surface area contributed by atoms with Gasteiger partial charge < -0.3 is 19.7 Å². The minimum atomic E-state index is -0.817. The van der Waals surface area contributed by atoms with E-state index in [4.69, 9.17) is 32.7 Å². The van der Waals surface area contributed by atoms with Crippen LogP contribution in [-0.2, 0) is 22.6 Å². The van der Waals surface area contributed by atoms with Gasteiger partial charge in [-0.1, -0.05) is 85.6 Å². The first kappa shape index (κ1) is 28.4. The van der Waals surface area contributed by atoms with E-state index in [1.165, 1.54) is 12.0 Å². The number of ether oxygens (including phenoxy) is 2. The summed E-state index contributed by atoms with van der Waals surface area (Å²) in [5.41, 5.74) is 1.48. The van der Waals surface area contributed by atoms with Crippen molar-refractivity contribution in [3.05, 3.63) is 94.0 Å². The standard InChI is InChI=1S/C29H32Cl2N2O4/c1-20(2)17-32-29(35)25(16-21-10-5-4-6-11-21)33(18-22-23(30)12-9-13-24(22)31)28(34)19-37-27-15-8-7-14-26(27)36-3/h4-15,20,25H,16-19H2,1-3H3,(H,32,35)/t25-/m1/s1. The van der Waals surface area contributed by atoms with Gasteiger partial charge in [0.15, 0.2) is 18.1 Å². The van der Waals surface area contributed by atoms with Gasteiger partial charge in [-0.2, -0.15) is 0 Å². The Morgan fingerprint density at radius 2 is 1.51 bits per heavy atom. The van der Waals surface area contributed by atoms with Gasteiger partial charge in [0.05, 0.1) is 7.11 Å². The third kappa shape index (κ3) is 8.14. The molecular formula is C29H32Cl2N2O4. The Balaban J connectivity index is 1.96. The first-order valence-corrected chi connectivity index (χ1v) is 12.9. The molecule has 3 aromatic carbocycles. The molecule has 1 atom stereocenters. The second kappa shape index (κ2) is 13.9. The fourth-order valence-corrected chi connectivity index (χ4v) is 4.31. The molecule has 0 fully saturated rings. The van der Waals surface area contributed by atoms with Crippen LogP contribution < -0.4 is 14.8 Å². The Morgan fingerprint density at radius 3 is 2.14 bits per heavy atom. The average molecular weight is 543 g/mol. The number of carbonyl (C=O) groups excluding carboxylic acids is 2. The maximum atomic E-state index is 13.7. The highest BCUT2D eigenvalue weighted by atomic mass is 35.5. The number of hydrogen-bond donors (Lipinski definition) is 1. The molecule has 0 aromatic heterocycles. The molecule has 1 N–H and O–H groups in total. The van der Waals surface area contributed by atoms with Crippen molar-refractivity contribution in [3.8, 4) is 11.5 Å². The van der Waals surface area contributed by atoms with E-state index in [1.54, 1.807) is 36.4 Å². The third-order valence-corrected chi connectivity index (χ3v) is 6.47. The molecule has 0 aliphatic rings. The van der Waals surface area contributed by atoms with Gasteiger partial charge in [0, 0.05) is 35.1 Å². The number of nitrogens with zero attached hydrogens (tertiary/aromatic N) is 1. The number of hydrogen-bond acceptors (Lipinski definition) is 4. The molecule has 196 valence electrons. The van der Waals surface area contributed by atoms with Gasteiger partial charge in [-0.25, -0.2) is 0 Å². The maximum absolute atomic E-state index is 13.7. The van der Waals surface area contributed by atoms with Crippen molar-refractivity contribution in [2.24, 2.45) is 5.92 Å². The zero-order chi connectivity index (χ0) is 26.8. The van der Waals surface area contributed by atoms with Crippen LogP contribution in [-0.4, -0.2) is 43.0 Å². The van der Waals surface area contributed by atoms with Crippen molar-refractivity contribution in [1.82, 2.24) is 10.2 Å². The van der Waals surface area contributed by atoms with E-state index in [9.17, 15) is 9.59 Å². The highest BCUT2D eigenvalue weighted by molar-refractivity contribution is 6.36. The van der Waals surface area contributed by atoms with Gasteiger partial charge in [0.1, 0.15) is 6.04 Å². The van der Waals surface area contributed by atoms with E-state index in [2.05, 4.69) is 5.32 Å². The highest BCUT2D eigenvalue weighted by Crippen LogP contribution is 2.28. The Labute approximate surface area is 228 Å². The molecule has 0 spiro atoms. The molecule has 0 heterocycles. The molecule has 0 aliphatic carbocycles. The number of para-hydroxylation sites is 2. The summed E-state index contributed by atoms with van der Waals surface area (Å²) in [4.78, 5) is 28.7. The molecule has 6 nitrogen and oxygen atoms in total. The summed E-state index contributed by atoms with van der Waals surface area (Å²) in [5.74, 6) is 0.538. The van der Waals surface area contributed by atoms with Crippen molar-refractivity contribution < 1.29 is 19.1 Å². The van der Waals surface area contributed by atoms with E-state index >= 15 is 0 Å². The monoisotopic (exact) mass is 542 g/mol. The molecule has 0 radical (unpaired) electrons. The Hall–Kier alpha value is -3.22. The van der Waals surface area contributed by atoms with Crippen molar-refractivity contribution in [1.29, 1.82) is 0 Å². The van der Waals surface area contributed by atoms with Gasteiger partial charge in [-0.05, 0) is 35.7 Å². The molecule has 3 rings (SSSR count). The Bertz CT molecular complexity index is 1170. The maximum Gasteiger partial charge on any atom is 0.261 e. The molecule has 0 aliphatic heterocycles. The summed E-state index contributed by atoms with van der Waals surface area (Å²) in [6.07, 6.45) is 0.313. The minimum absolute atomic E-state index is 0.0409. The third-order valence-electron chi connectivity index (χ3n) is 5.77. The lowest BCUT2D eigenvalue weighted by molar-refractivity contribution is -0.142. The van der Waals surface area contributed by atoms with Crippen LogP contribution in [0.5, 0.6) is 11.5 Å². The largest absolute Gasteiger partial charge is 0.493 e. The summed E-state index contributed by atoms with van der Waals surface area (Å²) in [6, 6.07) is 21.0. The fourth-order valence-electron chi connectivity index (χ4n) is 3.79. The molecular weight excluding hydrogens is 511 g/mol. The summed E-state index contributed by atoms with van der Waals surface area (Å²) in [6.45, 7) is 4.25. The van der Waals surface area contributed by atoms with Crippen LogP contribution in [0.25, 0.3) is 0 Å². The van der Waals surface area contributed by atoms with Crippen molar-refractivity contribution in [2.75, 3.05) is 20.3 Å². The van der Waals surface area contributed by atoms with Crippen LogP contribution in [0.2, 0.25) is 10.0 Å². The lowest BCUT2D eigenvalue weighted by atomic mass is 10.0. The first-order chi connectivity index (χ1) is 17.8. The number of carbonyl (C=O) groups is 2. The molecule has 0 bridgehead atoms. The quantitative estimate of drug-likeness (QED) is 0.314. The minimum Gasteiger partial charge on any atom is -0.493 e. The van der Waals surface area contributed by atoms with Crippen LogP contribution in [0.15, 0.2) is 72.8 Å². The van der Waals surface area contributed by atoms with Crippen LogP contribution >= 0.6 is 23.2 Å². The fraction of sp³-hybridized carbons (Fsp3) is 0.310. The van der Waals surface area contributed by atoms with Gasteiger partial charge in [-0.3, -0.25) is 9.59 Å². The van der Waals surface area contributed by atoms with Crippen molar-refractivity contribution in [2.45, 2.75) is 32.9 Å². The van der Waals surface area contributed by atoms with Gasteiger partial charge in [-0.15, -0.1) is 0 Å². The van der Waals surface area contributed by atoms with Crippen molar-refractivity contribution >= 4 is 35.0 Å². The topological polar surface area (TPSA) is 67.9 Å². The molecule has 2 amide bonds. The zero-order valence-corrected chi connectivity index (χ0v) is 22.8. The summed E-state index contributed by atoms with van der Waals surface area (Å²) in [7, 11) is 1.53. The normalized spacial score (nSPS) is 11.6. The van der Waals surface area contributed by atoms with E-state index in [0.717, 1.165) is 5.56 Å². The summed E-state index contributed by atoms with van der Waals surface area (Å²) in [5, 5.41) is 3.81. The number of halogens is 2. The van der Waals surface area contributed by atoms with Gasteiger partial charge in [0.2, 0.25) is 5.91 Å². The lowest BCUT2D eigenvalue weighted by Gasteiger charge is -2.32. The van der Waals surface area contributed by atoms with Gasteiger partial charge >= 0.3 is 0 Å². The Kier molecular flexibility index (Phi) is 10.7. The van der Waals surface area contributed by atoms with E-state index in [-0.39, 0.29) is 30.9 Å². The molecule has 0 unspecified atom stereocenters. The van der Waals surface area contributed by atoms with Crippen LogP contribution in [0.4, 0.5) is 0 Å².